The molecule has 0 aromatic carbocycles. The van der Waals surface area contributed by atoms with Crippen LogP contribution in [0.3, 0.4) is 0 Å². The minimum absolute atomic E-state index is 0.0212. The highest BCUT2D eigenvalue weighted by Gasteiger charge is 2.41. The standard InChI is InChI=1S/C19H28N4OS/c1-13(23(4)12-19(22(2)3)9-6-10-19)17(24)21-18-15(11-20)14-7-5-8-16(14)25-18/h13H,5-10,12H2,1-4H3,(H,21,24). The van der Waals surface area contributed by atoms with Gasteiger partial charge in [-0.25, -0.2) is 0 Å². The second-order valence-electron chi connectivity index (χ2n) is 7.73. The van der Waals surface area contributed by atoms with Crippen molar-refractivity contribution in [3.63, 3.8) is 0 Å². The first kappa shape index (κ1) is 18.4. The van der Waals surface area contributed by atoms with Crippen molar-refractivity contribution in [3.8, 4) is 6.07 Å². The van der Waals surface area contributed by atoms with Gasteiger partial charge >= 0.3 is 0 Å². The van der Waals surface area contributed by atoms with Crippen molar-refractivity contribution in [3.05, 3.63) is 16.0 Å². The van der Waals surface area contributed by atoms with Crippen molar-refractivity contribution in [2.75, 3.05) is 33.0 Å². The topological polar surface area (TPSA) is 59.4 Å². The van der Waals surface area contributed by atoms with Gasteiger partial charge in [0.1, 0.15) is 11.1 Å². The molecule has 0 spiro atoms. The van der Waals surface area contributed by atoms with E-state index in [1.165, 1.54) is 24.1 Å². The summed E-state index contributed by atoms with van der Waals surface area (Å²) < 4.78 is 0. The predicted molar refractivity (Wildman–Crippen MR) is 102 cm³/mol. The smallest absolute Gasteiger partial charge is 0.242 e. The van der Waals surface area contributed by atoms with E-state index >= 15 is 0 Å². The summed E-state index contributed by atoms with van der Waals surface area (Å²) in [6.45, 7) is 2.84. The lowest BCUT2D eigenvalue weighted by Gasteiger charge is -2.50. The number of anilines is 1. The van der Waals surface area contributed by atoms with Gasteiger partial charge in [0.05, 0.1) is 11.6 Å². The second kappa shape index (κ2) is 7.06. The van der Waals surface area contributed by atoms with Gasteiger partial charge in [0.15, 0.2) is 0 Å². The van der Waals surface area contributed by atoms with Crippen molar-refractivity contribution in [2.24, 2.45) is 0 Å². The molecule has 136 valence electrons. The average molecular weight is 361 g/mol. The average Bonchev–Trinajstić information content (AvgIpc) is 3.09. The molecule has 25 heavy (non-hydrogen) atoms. The molecule has 0 aliphatic heterocycles. The molecule has 2 aliphatic rings. The first-order chi connectivity index (χ1) is 11.9. The van der Waals surface area contributed by atoms with E-state index in [4.69, 9.17) is 0 Å². The molecule has 5 nitrogen and oxygen atoms in total. The van der Waals surface area contributed by atoms with Gasteiger partial charge in [0.2, 0.25) is 5.91 Å². The maximum atomic E-state index is 12.7. The SMILES string of the molecule is CC(C(=O)Nc1sc2c(c1C#N)CCC2)N(C)CC1(N(C)C)CCC1. The lowest BCUT2D eigenvalue weighted by Crippen LogP contribution is -2.58. The van der Waals surface area contributed by atoms with E-state index in [0.29, 0.717) is 5.56 Å². The molecule has 1 amide bonds. The van der Waals surface area contributed by atoms with E-state index < -0.39 is 0 Å². The summed E-state index contributed by atoms with van der Waals surface area (Å²) in [6, 6.07) is 2.07. The Morgan fingerprint density at radius 1 is 1.32 bits per heavy atom. The summed E-state index contributed by atoms with van der Waals surface area (Å²) in [7, 11) is 6.28. The molecule has 2 aliphatic carbocycles. The number of fused-ring (bicyclic) bond motifs is 1. The third-order valence-electron chi connectivity index (χ3n) is 6.09. The van der Waals surface area contributed by atoms with E-state index in [-0.39, 0.29) is 17.5 Å². The lowest BCUT2D eigenvalue weighted by molar-refractivity contribution is -0.121. The number of likely N-dealkylation sites (N-methyl/N-ethyl adjacent to an activating group) is 2. The Balaban J connectivity index is 1.66. The highest BCUT2D eigenvalue weighted by atomic mass is 32.1. The molecule has 1 aromatic rings. The van der Waals surface area contributed by atoms with Crippen LogP contribution in [0.1, 0.15) is 48.6 Å². The van der Waals surface area contributed by atoms with Gasteiger partial charge in [0, 0.05) is 17.0 Å². The van der Waals surface area contributed by atoms with Crippen LogP contribution >= 0.6 is 11.3 Å². The van der Waals surface area contributed by atoms with Crippen molar-refractivity contribution in [2.45, 2.75) is 57.0 Å². The molecule has 6 heteroatoms. The summed E-state index contributed by atoms with van der Waals surface area (Å²) in [4.78, 5) is 18.5. The van der Waals surface area contributed by atoms with Crippen LogP contribution < -0.4 is 5.32 Å². The molecule has 3 rings (SSSR count). The van der Waals surface area contributed by atoms with Crippen LogP contribution in [0.4, 0.5) is 5.00 Å². The number of rotatable bonds is 6. The monoisotopic (exact) mass is 360 g/mol. The summed E-state index contributed by atoms with van der Waals surface area (Å²) in [5.74, 6) is -0.0212. The lowest BCUT2D eigenvalue weighted by atomic mass is 9.75. The quantitative estimate of drug-likeness (QED) is 0.847. The van der Waals surface area contributed by atoms with Crippen LogP contribution in [0.25, 0.3) is 0 Å². The van der Waals surface area contributed by atoms with Crippen LogP contribution in [-0.4, -0.2) is 55.0 Å². The number of carbonyl (C=O) groups excluding carboxylic acids is 1. The Labute approximate surface area is 154 Å². The van der Waals surface area contributed by atoms with Gasteiger partial charge in [0.25, 0.3) is 0 Å². The van der Waals surface area contributed by atoms with Crippen molar-refractivity contribution in [1.82, 2.24) is 9.80 Å². The highest BCUT2D eigenvalue weighted by Crippen LogP contribution is 2.39. The first-order valence-corrected chi connectivity index (χ1v) is 9.93. The van der Waals surface area contributed by atoms with Crippen LogP contribution in [0.5, 0.6) is 0 Å². The Morgan fingerprint density at radius 3 is 2.60 bits per heavy atom. The normalized spacial score (nSPS) is 19.4. The second-order valence-corrected chi connectivity index (χ2v) is 8.83. The fourth-order valence-electron chi connectivity index (χ4n) is 3.96. The van der Waals surface area contributed by atoms with Gasteiger partial charge in [-0.1, -0.05) is 0 Å². The molecular formula is C19H28N4OS. The molecule has 1 heterocycles. The molecule has 0 radical (unpaired) electrons. The number of hydrogen-bond donors (Lipinski definition) is 1. The fourth-order valence-corrected chi connectivity index (χ4v) is 5.20. The fraction of sp³-hybridized carbons (Fsp3) is 0.684. The molecule has 1 aromatic heterocycles. The Bertz CT molecular complexity index is 699. The molecule has 1 saturated carbocycles. The van der Waals surface area contributed by atoms with Crippen molar-refractivity contribution < 1.29 is 4.79 Å². The molecule has 1 unspecified atom stereocenters. The number of nitrogens with one attached hydrogen (secondary N) is 1. The third-order valence-corrected chi connectivity index (χ3v) is 7.29. The zero-order chi connectivity index (χ0) is 18.2. The van der Waals surface area contributed by atoms with E-state index in [9.17, 15) is 10.1 Å². The molecular weight excluding hydrogens is 332 g/mol. The van der Waals surface area contributed by atoms with Gasteiger partial charge in [-0.3, -0.25) is 9.69 Å². The summed E-state index contributed by atoms with van der Waals surface area (Å²) in [5.41, 5.74) is 2.04. The number of amides is 1. The molecule has 1 fully saturated rings. The molecule has 1 atom stereocenters. The zero-order valence-electron chi connectivity index (χ0n) is 15.7. The van der Waals surface area contributed by atoms with Crippen LogP contribution in [-0.2, 0) is 17.6 Å². The Kier molecular flexibility index (Phi) is 5.19. The number of aryl methyl sites for hydroxylation is 1. The summed E-state index contributed by atoms with van der Waals surface area (Å²) in [5, 5.41) is 13.2. The molecule has 0 saturated heterocycles. The number of nitrogens with zero attached hydrogens (tertiary/aromatic N) is 3. The van der Waals surface area contributed by atoms with E-state index in [1.54, 1.807) is 11.3 Å². The molecule has 1 N–H and O–H groups in total. The Hall–Kier alpha value is -1.42. The van der Waals surface area contributed by atoms with Gasteiger partial charge in [-0.15, -0.1) is 11.3 Å². The van der Waals surface area contributed by atoms with Crippen molar-refractivity contribution >= 4 is 22.2 Å². The highest BCUT2D eigenvalue weighted by molar-refractivity contribution is 7.16. The maximum absolute atomic E-state index is 12.7. The predicted octanol–water partition coefficient (Wildman–Crippen LogP) is 2.85. The van der Waals surface area contributed by atoms with Crippen LogP contribution in [0.2, 0.25) is 0 Å². The number of carbonyl (C=O) groups is 1. The van der Waals surface area contributed by atoms with Crippen molar-refractivity contribution in [1.29, 1.82) is 5.26 Å². The van der Waals surface area contributed by atoms with Gasteiger partial charge < -0.3 is 10.2 Å². The number of hydrogen-bond acceptors (Lipinski definition) is 5. The first-order valence-electron chi connectivity index (χ1n) is 9.11. The minimum Gasteiger partial charge on any atom is -0.315 e. The largest absolute Gasteiger partial charge is 0.315 e. The number of thiophene rings is 1. The molecule has 0 bridgehead atoms. The van der Waals surface area contributed by atoms with Gasteiger partial charge in [-0.2, -0.15) is 5.26 Å². The maximum Gasteiger partial charge on any atom is 0.242 e. The van der Waals surface area contributed by atoms with Crippen LogP contribution in [0.15, 0.2) is 0 Å². The minimum atomic E-state index is -0.221. The van der Waals surface area contributed by atoms with E-state index in [1.807, 2.05) is 14.0 Å². The van der Waals surface area contributed by atoms with Crippen LogP contribution in [0, 0.1) is 11.3 Å². The third kappa shape index (κ3) is 3.33. The number of nitriles is 1. The van der Waals surface area contributed by atoms with Gasteiger partial charge in [-0.05, 0) is 72.2 Å². The van der Waals surface area contributed by atoms with E-state index in [2.05, 4.69) is 35.3 Å². The van der Waals surface area contributed by atoms with E-state index in [0.717, 1.165) is 36.4 Å². The summed E-state index contributed by atoms with van der Waals surface area (Å²) in [6.07, 6.45) is 6.76. The Morgan fingerprint density at radius 2 is 2.04 bits per heavy atom. The summed E-state index contributed by atoms with van der Waals surface area (Å²) >= 11 is 1.58. The zero-order valence-corrected chi connectivity index (χ0v) is 16.5.